The van der Waals surface area contributed by atoms with Crippen molar-refractivity contribution in [1.29, 1.82) is 0 Å². The average molecular weight is 184 g/mol. The van der Waals surface area contributed by atoms with Crippen molar-refractivity contribution in [2.45, 2.75) is 39.0 Å². The van der Waals surface area contributed by atoms with Crippen molar-refractivity contribution in [3.05, 3.63) is 18.0 Å². The Morgan fingerprint density at radius 3 is 2.85 bits per heavy atom. The topological polar surface area (TPSA) is 58.3 Å². The van der Waals surface area contributed by atoms with E-state index in [1.54, 1.807) is 19.9 Å². The van der Waals surface area contributed by atoms with Crippen LogP contribution < -0.4 is 5.32 Å². The van der Waals surface area contributed by atoms with Gasteiger partial charge in [0, 0.05) is 18.7 Å². The van der Waals surface area contributed by atoms with Gasteiger partial charge in [-0.1, -0.05) is 5.16 Å². The first-order valence-corrected chi connectivity index (χ1v) is 4.35. The minimum absolute atomic E-state index is 0.0178. The summed E-state index contributed by atoms with van der Waals surface area (Å²) in [4.78, 5) is 0. The van der Waals surface area contributed by atoms with Gasteiger partial charge >= 0.3 is 0 Å². The van der Waals surface area contributed by atoms with Gasteiger partial charge < -0.3 is 14.9 Å². The van der Waals surface area contributed by atoms with E-state index in [0.717, 1.165) is 5.69 Å². The molecule has 0 saturated carbocycles. The summed E-state index contributed by atoms with van der Waals surface area (Å²) < 4.78 is 4.68. The van der Waals surface area contributed by atoms with Crippen molar-refractivity contribution in [2.24, 2.45) is 0 Å². The Labute approximate surface area is 77.9 Å². The number of nitrogens with one attached hydrogen (secondary N) is 1. The monoisotopic (exact) mass is 184 g/mol. The normalized spacial score (nSPS) is 14.5. The Bertz CT molecular complexity index is 239. The summed E-state index contributed by atoms with van der Waals surface area (Å²) in [5.41, 5.74) is 0.125. The molecule has 2 N–H and O–H groups in total. The zero-order chi connectivity index (χ0) is 9.90. The molecule has 0 spiro atoms. The molecule has 1 atom stereocenters. The smallest absolute Gasteiger partial charge is 0.124 e. The molecule has 0 aliphatic heterocycles. The third kappa shape index (κ3) is 3.16. The lowest BCUT2D eigenvalue weighted by molar-refractivity contribution is 0.0435. The van der Waals surface area contributed by atoms with Crippen LogP contribution in [-0.4, -0.2) is 21.9 Å². The van der Waals surface area contributed by atoms with E-state index >= 15 is 0 Å². The molecule has 1 aromatic heterocycles. The van der Waals surface area contributed by atoms with Gasteiger partial charge in [0.15, 0.2) is 0 Å². The second kappa shape index (κ2) is 3.89. The number of rotatable bonds is 4. The molecule has 1 heterocycles. The minimum Gasteiger partial charge on any atom is -0.389 e. The molecule has 4 heteroatoms. The van der Waals surface area contributed by atoms with Gasteiger partial charge in [0.05, 0.1) is 11.3 Å². The molecule has 0 saturated heterocycles. The van der Waals surface area contributed by atoms with E-state index in [2.05, 4.69) is 15.0 Å². The molecule has 1 rings (SSSR count). The molecule has 0 aliphatic carbocycles. The molecule has 13 heavy (non-hydrogen) atoms. The van der Waals surface area contributed by atoms with Crippen molar-refractivity contribution in [2.75, 3.05) is 0 Å². The van der Waals surface area contributed by atoms with Crippen molar-refractivity contribution in [3.63, 3.8) is 0 Å². The molecule has 1 unspecified atom stereocenters. The van der Waals surface area contributed by atoms with Gasteiger partial charge in [0.2, 0.25) is 0 Å². The van der Waals surface area contributed by atoms with E-state index in [4.69, 9.17) is 0 Å². The highest BCUT2D eigenvalue weighted by atomic mass is 16.5. The first kappa shape index (κ1) is 10.2. The lowest BCUT2D eigenvalue weighted by atomic mass is 10.0. The predicted octanol–water partition coefficient (Wildman–Crippen LogP) is 0.924. The second-order valence-corrected chi connectivity index (χ2v) is 3.75. The first-order chi connectivity index (χ1) is 6.00. The zero-order valence-corrected chi connectivity index (χ0v) is 8.24. The molecule has 1 aromatic rings. The van der Waals surface area contributed by atoms with Gasteiger partial charge in [-0.15, -0.1) is 0 Å². The lowest BCUT2D eigenvalue weighted by Crippen LogP contribution is -2.44. The number of nitrogens with zero attached hydrogens (tertiary/aromatic N) is 1. The van der Waals surface area contributed by atoms with Gasteiger partial charge in [-0.2, -0.15) is 0 Å². The highest BCUT2D eigenvalue weighted by Gasteiger charge is 2.21. The maximum absolute atomic E-state index is 9.61. The van der Waals surface area contributed by atoms with Crippen LogP contribution in [0.25, 0.3) is 0 Å². The van der Waals surface area contributed by atoms with Crippen molar-refractivity contribution < 1.29 is 9.63 Å². The van der Waals surface area contributed by atoms with Gasteiger partial charge in [-0.3, -0.25) is 0 Å². The van der Waals surface area contributed by atoms with E-state index in [0.29, 0.717) is 6.54 Å². The molecule has 4 nitrogen and oxygen atoms in total. The van der Waals surface area contributed by atoms with E-state index in [-0.39, 0.29) is 6.04 Å². The average Bonchev–Trinajstić information content (AvgIpc) is 2.50. The Hall–Kier alpha value is -0.870. The first-order valence-electron chi connectivity index (χ1n) is 4.35. The fourth-order valence-electron chi connectivity index (χ4n) is 0.836. The fourth-order valence-corrected chi connectivity index (χ4v) is 0.836. The van der Waals surface area contributed by atoms with Crippen LogP contribution in [0.5, 0.6) is 0 Å². The van der Waals surface area contributed by atoms with Crippen LogP contribution in [0, 0.1) is 0 Å². The number of aliphatic hydroxyl groups is 1. The van der Waals surface area contributed by atoms with Crippen molar-refractivity contribution in [3.8, 4) is 0 Å². The van der Waals surface area contributed by atoms with Gasteiger partial charge in [0.25, 0.3) is 0 Å². The Kier molecular flexibility index (Phi) is 3.06. The van der Waals surface area contributed by atoms with Crippen LogP contribution in [0.1, 0.15) is 26.5 Å². The summed E-state index contributed by atoms with van der Waals surface area (Å²) in [5, 5.41) is 16.5. The maximum Gasteiger partial charge on any atom is 0.124 e. The van der Waals surface area contributed by atoms with E-state index in [1.165, 1.54) is 6.26 Å². The highest BCUT2D eigenvalue weighted by molar-refractivity contribution is 4.95. The Balaban J connectivity index is 2.35. The molecule has 0 fully saturated rings. The summed E-state index contributed by atoms with van der Waals surface area (Å²) in [6, 6.07) is 1.81. The maximum atomic E-state index is 9.61. The molecule has 0 amide bonds. The summed E-state index contributed by atoms with van der Waals surface area (Å²) in [6.45, 7) is 6.09. The summed E-state index contributed by atoms with van der Waals surface area (Å²) in [5.74, 6) is 0. The summed E-state index contributed by atoms with van der Waals surface area (Å²) >= 11 is 0. The van der Waals surface area contributed by atoms with Gasteiger partial charge in [-0.25, -0.2) is 0 Å². The van der Waals surface area contributed by atoms with E-state index in [1.807, 2.05) is 6.92 Å². The van der Waals surface area contributed by atoms with Crippen LogP contribution in [0.2, 0.25) is 0 Å². The fraction of sp³-hybridized carbons (Fsp3) is 0.667. The van der Waals surface area contributed by atoms with Crippen LogP contribution >= 0.6 is 0 Å². The van der Waals surface area contributed by atoms with Crippen molar-refractivity contribution >= 4 is 0 Å². The standard InChI is InChI=1S/C9H16N2O2/c1-7(9(2,3)12)10-6-8-4-5-13-11-8/h4-5,7,10,12H,6H2,1-3H3. The second-order valence-electron chi connectivity index (χ2n) is 3.75. The van der Waals surface area contributed by atoms with Crippen LogP contribution in [-0.2, 0) is 6.54 Å². The van der Waals surface area contributed by atoms with Crippen LogP contribution in [0.15, 0.2) is 16.9 Å². The quantitative estimate of drug-likeness (QED) is 0.730. The minimum atomic E-state index is -0.719. The number of hydrogen-bond acceptors (Lipinski definition) is 4. The van der Waals surface area contributed by atoms with Crippen molar-refractivity contribution in [1.82, 2.24) is 10.5 Å². The van der Waals surface area contributed by atoms with E-state index < -0.39 is 5.60 Å². The Morgan fingerprint density at radius 2 is 2.38 bits per heavy atom. The summed E-state index contributed by atoms with van der Waals surface area (Å²) in [6.07, 6.45) is 1.53. The lowest BCUT2D eigenvalue weighted by Gasteiger charge is -2.26. The molecular weight excluding hydrogens is 168 g/mol. The molecule has 0 bridgehead atoms. The third-order valence-corrected chi connectivity index (χ3v) is 2.14. The van der Waals surface area contributed by atoms with Crippen LogP contribution in [0.4, 0.5) is 0 Å². The van der Waals surface area contributed by atoms with Crippen LogP contribution in [0.3, 0.4) is 0 Å². The molecule has 74 valence electrons. The highest BCUT2D eigenvalue weighted by Crippen LogP contribution is 2.08. The largest absolute Gasteiger partial charge is 0.389 e. The van der Waals surface area contributed by atoms with Gasteiger partial charge in [-0.05, 0) is 20.8 Å². The zero-order valence-electron chi connectivity index (χ0n) is 8.24. The molecule has 0 aliphatic rings. The molecular formula is C9H16N2O2. The predicted molar refractivity (Wildman–Crippen MR) is 49.1 cm³/mol. The summed E-state index contributed by atoms with van der Waals surface area (Å²) in [7, 11) is 0. The number of aromatic nitrogens is 1. The molecule has 0 radical (unpaired) electrons. The van der Waals surface area contributed by atoms with Gasteiger partial charge in [0.1, 0.15) is 6.26 Å². The van der Waals surface area contributed by atoms with E-state index in [9.17, 15) is 5.11 Å². The SMILES string of the molecule is CC(NCc1ccon1)C(C)(C)O. The number of hydrogen-bond donors (Lipinski definition) is 2. The molecule has 0 aromatic carbocycles. The third-order valence-electron chi connectivity index (χ3n) is 2.14. The Morgan fingerprint density at radius 1 is 1.69 bits per heavy atom.